The molecule has 1 aromatic rings. The van der Waals surface area contributed by atoms with Crippen molar-refractivity contribution >= 4 is 17.3 Å². The van der Waals surface area contributed by atoms with Gasteiger partial charge < -0.3 is 5.11 Å². The molecule has 1 aromatic heterocycles. The number of carboxylic acid groups (broad SMARTS) is 1. The first-order chi connectivity index (χ1) is 9.22. The standard InChI is InChI=1S/C14H20N2O2S/c17-14(18)13-5-4-12(19-13)10-15-6-2-8-16-7-1-3-11(16)9-15/h4-5,11H,1-3,6-10H2,(H,17,18). The lowest BCUT2D eigenvalue weighted by atomic mass is 10.2. The molecule has 2 aliphatic rings. The van der Waals surface area contributed by atoms with Crippen molar-refractivity contribution in [2.75, 3.05) is 26.2 Å². The first-order valence-corrected chi connectivity index (χ1v) is 7.82. The first-order valence-electron chi connectivity index (χ1n) is 7.01. The van der Waals surface area contributed by atoms with Gasteiger partial charge in [0.15, 0.2) is 0 Å². The van der Waals surface area contributed by atoms with Crippen molar-refractivity contribution in [2.45, 2.75) is 31.8 Å². The fraction of sp³-hybridized carbons (Fsp3) is 0.643. The Morgan fingerprint density at radius 1 is 1.32 bits per heavy atom. The number of hydrogen-bond donors (Lipinski definition) is 1. The smallest absolute Gasteiger partial charge is 0.345 e. The van der Waals surface area contributed by atoms with E-state index in [2.05, 4.69) is 9.80 Å². The van der Waals surface area contributed by atoms with E-state index in [9.17, 15) is 4.79 Å². The van der Waals surface area contributed by atoms with Gasteiger partial charge in [0.1, 0.15) is 4.88 Å². The summed E-state index contributed by atoms with van der Waals surface area (Å²) < 4.78 is 0. The molecule has 104 valence electrons. The molecule has 1 N–H and O–H groups in total. The molecule has 2 aliphatic heterocycles. The lowest BCUT2D eigenvalue weighted by Crippen LogP contribution is -2.36. The third-order valence-electron chi connectivity index (χ3n) is 4.14. The van der Waals surface area contributed by atoms with E-state index in [4.69, 9.17) is 5.11 Å². The van der Waals surface area contributed by atoms with Crippen LogP contribution in [0.3, 0.4) is 0 Å². The van der Waals surface area contributed by atoms with Gasteiger partial charge in [-0.25, -0.2) is 4.79 Å². The molecule has 0 spiro atoms. The number of nitrogens with zero attached hydrogens (tertiary/aromatic N) is 2. The highest BCUT2D eigenvalue weighted by atomic mass is 32.1. The fourth-order valence-electron chi connectivity index (χ4n) is 3.22. The molecule has 3 heterocycles. The number of aromatic carboxylic acids is 1. The molecule has 3 rings (SSSR count). The zero-order valence-electron chi connectivity index (χ0n) is 11.0. The summed E-state index contributed by atoms with van der Waals surface area (Å²) in [5, 5.41) is 8.96. The molecule has 2 fully saturated rings. The van der Waals surface area contributed by atoms with Crippen LogP contribution in [0.4, 0.5) is 0 Å². The van der Waals surface area contributed by atoms with E-state index in [0.29, 0.717) is 4.88 Å². The van der Waals surface area contributed by atoms with Crippen LogP contribution < -0.4 is 0 Å². The zero-order valence-corrected chi connectivity index (χ0v) is 11.9. The fourth-order valence-corrected chi connectivity index (χ4v) is 4.11. The Hall–Kier alpha value is -0.910. The molecular formula is C14H20N2O2S. The van der Waals surface area contributed by atoms with E-state index in [1.807, 2.05) is 6.07 Å². The number of fused-ring (bicyclic) bond motifs is 1. The van der Waals surface area contributed by atoms with Crippen molar-refractivity contribution < 1.29 is 9.90 Å². The molecule has 0 saturated carbocycles. The predicted molar refractivity (Wildman–Crippen MR) is 75.8 cm³/mol. The quantitative estimate of drug-likeness (QED) is 0.921. The zero-order chi connectivity index (χ0) is 13.2. The molecule has 0 bridgehead atoms. The highest BCUT2D eigenvalue weighted by Crippen LogP contribution is 2.24. The van der Waals surface area contributed by atoms with E-state index in [1.165, 1.54) is 48.6 Å². The van der Waals surface area contributed by atoms with Crippen LogP contribution in [0.1, 0.15) is 33.8 Å². The number of carboxylic acids is 1. The Bertz CT molecular complexity index is 460. The van der Waals surface area contributed by atoms with E-state index in [0.717, 1.165) is 25.7 Å². The molecule has 5 heteroatoms. The van der Waals surface area contributed by atoms with Crippen LogP contribution >= 0.6 is 11.3 Å². The third-order valence-corrected chi connectivity index (χ3v) is 5.20. The molecule has 19 heavy (non-hydrogen) atoms. The van der Waals surface area contributed by atoms with E-state index in [1.54, 1.807) is 6.07 Å². The maximum absolute atomic E-state index is 10.9. The highest BCUT2D eigenvalue weighted by Gasteiger charge is 2.28. The number of rotatable bonds is 3. The average Bonchev–Trinajstić information content (AvgIpc) is 2.96. The second-order valence-corrected chi connectivity index (χ2v) is 6.66. The SMILES string of the molecule is O=C(O)c1ccc(CN2CCCN3CCCC3C2)s1. The Balaban J connectivity index is 1.63. The largest absolute Gasteiger partial charge is 0.477 e. The second kappa shape index (κ2) is 5.61. The van der Waals surface area contributed by atoms with Crippen LogP contribution in [0.25, 0.3) is 0 Å². The monoisotopic (exact) mass is 280 g/mol. The Labute approximate surface area is 117 Å². The summed E-state index contributed by atoms with van der Waals surface area (Å²) >= 11 is 1.41. The van der Waals surface area contributed by atoms with Crippen molar-refractivity contribution in [2.24, 2.45) is 0 Å². The van der Waals surface area contributed by atoms with Gasteiger partial charge in [-0.3, -0.25) is 9.80 Å². The van der Waals surface area contributed by atoms with Crippen molar-refractivity contribution in [1.82, 2.24) is 9.80 Å². The molecule has 0 aliphatic carbocycles. The third kappa shape index (κ3) is 2.99. The minimum atomic E-state index is -0.811. The van der Waals surface area contributed by atoms with E-state index >= 15 is 0 Å². The van der Waals surface area contributed by atoms with Crippen molar-refractivity contribution in [3.05, 3.63) is 21.9 Å². The molecular weight excluding hydrogens is 260 g/mol. The maximum Gasteiger partial charge on any atom is 0.345 e. The van der Waals surface area contributed by atoms with Gasteiger partial charge in [0.05, 0.1) is 0 Å². The lowest BCUT2D eigenvalue weighted by Gasteiger charge is -2.25. The summed E-state index contributed by atoms with van der Waals surface area (Å²) in [5.41, 5.74) is 0. The van der Waals surface area contributed by atoms with Gasteiger partial charge in [0.2, 0.25) is 0 Å². The molecule has 4 nitrogen and oxygen atoms in total. The van der Waals surface area contributed by atoms with Crippen LogP contribution in [-0.2, 0) is 6.54 Å². The summed E-state index contributed by atoms with van der Waals surface area (Å²) in [6.07, 6.45) is 3.88. The average molecular weight is 280 g/mol. The minimum Gasteiger partial charge on any atom is -0.477 e. The van der Waals surface area contributed by atoms with Crippen LogP contribution in [0.2, 0.25) is 0 Å². The molecule has 0 amide bonds. The van der Waals surface area contributed by atoms with Gasteiger partial charge in [-0.05, 0) is 51.0 Å². The Kier molecular flexibility index (Phi) is 3.86. The molecule has 0 aromatic carbocycles. The van der Waals surface area contributed by atoms with Gasteiger partial charge >= 0.3 is 5.97 Å². The van der Waals surface area contributed by atoms with Gasteiger partial charge in [-0.1, -0.05) is 0 Å². The van der Waals surface area contributed by atoms with Gasteiger partial charge in [0.25, 0.3) is 0 Å². The summed E-state index contributed by atoms with van der Waals surface area (Å²) in [5.74, 6) is -0.811. The number of carbonyl (C=O) groups is 1. The van der Waals surface area contributed by atoms with Gasteiger partial charge in [0, 0.05) is 24.0 Å². The summed E-state index contributed by atoms with van der Waals surface area (Å²) in [4.78, 5) is 17.6. The Morgan fingerprint density at radius 3 is 2.95 bits per heavy atom. The van der Waals surface area contributed by atoms with Gasteiger partial charge in [-0.15, -0.1) is 11.3 Å². The van der Waals surface area contributed by atoms with Crippen molar-refractivity contribution in [3.63, 3.8) is 0 Å². The Morgan fingerprint density at radius 2 is 2.16 bits per heavy atom. The molecule has 0 radical (unpaired) electrons. The maximum atomic E-state index is 10.9. The van der Waals surface area contributed by atoms with E-state index < -0.39 is 5.97 Å². The molecule has 1 atom stereocenters. The van der Waals surface area contributed by atoms with Crippen LogP contribution in [0, 0.1) is 0 Å². The summed E-state index contributed by atoms with van der Waals surface area (Å²) in [6, 6.07) is 4.41. The molecule has 2 saturated heterocycles. The van der Waals surface area contributed by atoms with Crippen molar-refractivity contribution in [3.8, 4) is 0 Å². The summed E-state index contributed by atoms with van der Waals surface area (Å²) in [6.45, 7) is 5.67. The van der Waals surface area contributed by atoms with Crippen LogP contribution in [0.5, 0.6) is 0 Å². The summed E-state index contributed by atoms with van der Waals surface area (Å²) in [7, 11) is 0. The lowest BCUT2D eigenvalue weighted by molar-refractivity contribution is 0.0702. The van der Waals surface area contributed by atoms with Gasteiger partial charge in [-0.2, -0.15) is 0 Å². The number of thiophene rings is 1. The van der Waals surface area contributed by atoms with E-state index in [-0.39, 0.29) is 0 Å². The normalized spacial score (nSPS) is 25.2. The number of hydrogen-bond acceptors (Lipinski definition) is 4. The predicted octanol–water partition coefficient (Wildman–Crippen LogP) is 2.12. The topological polar surface area (TPSA) is 43.8 Å². The van der Waals surface area contributed by atoms with Crippen molar-refractivity contribution in [1.29, 1.82) is 0 Å². The van der Waals surface area contributed by atoms with Crippen LogP contribution in [0.15, 0.2) is 12.1 Å². The second-order valence-electron chi connectivity index (χ2n) is 5.49. The highest BCUT2D eigenvalue weighted by molar-refractivity contribution is 7.13. The van der Waals surface area contributed by atoms with Crippen LogP contribution in [-0.4, -0.2) is 53.1 Å². The molecule has 1 unspecified atom stereocenters. The first kappa shape index (κ1) is 13.1. The minimum absolute atomic E-state index is 0.451.